The lowest BCUT2D eigenvalue weighted by molar-refractivity contribution is 0.243. The Morgan fingerprint density at radius 2 is 2.41 bits per heavy atom. The summed E-state index contributed by atoms with van der Waals surface area (Å²) in [6.07, 6.45) is 4.25. The highest BCUT2D eigenvalue weighted by Gasteiger charge is 2.09. The number of pyridine rings is 1. The molecule has 0 fully saturated rings. The van der Waals surface area contributed by atoms with E-state index in [9.17, 15) is 0 Å². The van der Waals surface area contributed by atoms with E-state index in [1.807, 2.05) is 12.3 Å². The maximum absolute atomic E-state index is 8.67. The summed E-state index contributed by atoms with van der Waals surface area (Å²) in [4.78, 5) is 6.43. The number of hydrogen-bond donors (Lipinski definition) is 0. The molecule has 0 aromatic carbocycles. The van der Waals surface area contributed by atoms with Gasteiger partial charge in [-0.05, 0) is 17.5 Å². The summed E-state index contributed by atoms with van der Waals surface area (Å²) in [5.41, 5.74) is 1.20. The fourth-order valence-electron chi connectivity index (χ4n) is 1.68. The highest BCUT2D eigenvalue weighted by Crippen LogP contribution is 2.09. The van der Waals surface area contributed by atoms with Crippen LogP contribution in [0.4, 0.5) is 0 Å². The van der Waals surface area contributed by atoms with Crippen LogP contribution in [0.3, 0.4) is 0 Å². The zero-order chi connectivity index (χ0) is 12.5. The van der Waals surface area contributed by atoms with Gasteiger partial charge in [-0.3, -0.25) is 9.88 Å². The molecule has 0 aliphatic heterocycles. The Morgan fingerprint density at radius 3 is 3.00 bits per heavy atom. The largest absolute Gasteiger partial charge is 0.298 e. The minimum absolute atomic E-state index is 0.579. The van der Waals surface area contributed by atoms with Crippen molar-refractivity contribution in [1.29, 1.82) is 5.26 Å². The van der Waals surface area contributed by atoms with Crippen LogP contribution in [0, 0.1) is 17.2 Å². The van der Waals surface area contributed by atoms with Crippen LogP contribution < -0.4 is 0 Å². The van der Waals surface area contributed by atoms with E-state index < -0.39 is 0 Å². The van der Waals surface area contributed by atoms with Crippen LogP contribution in [0.2, 0.25) is 0 Å². The van der Waals surface area contributed by atoms with Gasteiger partial charge in [0, 0.05) is 43.8 Å². The molecule has 0 aliphatic rings. The summed E-state index contributed by atoms with van der Waals surface area (Å²) in [5.74, 6) is 0.588. The minimum Gasteiger partial charge on any atom is -0.298 e. The summed E-state index contributed by atoms with van der Waals surface area (Å²) in [5, 5.41) is 9.66. The van der Waals surface area contributed by atoms with Gasteiger partial charge in [0.05, 0.1) is 6.07 Å². The summed E-state index contributed by atoms with van der Waals surface area (Å²) < 4.78 is 0. The second-order valence-electron chi connectivity index (χ2n) is 4.26. The van der Waals surface area contributed by atoms with E-state index in [1.54, 1.807) is 6.20 Å². The number of hydrogen-bond acceptors (Lipinski definition) is 3. The van der Waals surface area contributed by atoms with Crippen molar-refractivity contribution in [3.05, 3.63) is 30.1 Å². The molecule has 3 nitrogen and oxygen atoms in total. The molecule has 0 bridgehead atoms. The summed E-state index contributed by atoms with van der Waals surface area (Å²) in [6.45, 7) is 4.90. The number of alkyl halides is 1. The van der Waals surface area contributed by atoms with Crippen molar-refractivity contribution in [3.63, 3.8) is 0 Å². The van der Waals surface area contributed by atoms with E-state index in [0.717, 1.165) is 25.0 Å². The third kappa shape index (κ3) is 5.81. The van der Waals surface area contributed by atoms with Gasteiger partial charge in [0.2, 0.25) is 0 Å². The minimum atomic E-state index is 0.579. The fraction of sp³-hybridized carbons (Fsp3) is 0.538. The first-order valence-electron chi connectivity index (χ1n) is 5.80. The zero-order valence-electron chi connectivity index (χ0n) is 10.1. The van der Waals surface area contributed by atoms with Crippen LogP contribution in [0.25, 0.3) is 0 Å². The van der Waals surface area contributed by atoms with Crippen LogP contribution in [0.5, 0.6) is 0 Å². The SMILES string of the molecule is CC(CBr)CN(CCC#N)Cc1cccnc1. The van der Waals surface area contributed by atoms with Crippen molar-refractivity contribution in [2.45, 2.75) is 19.9 Å². The van der Waals surface area contributed by atoms with Crippen molar-refractivity contribution in [2.75, 3.05) is 18.4 Å². The van der Waals surface area contributed by atoms with Gasteiger partial charge in [-0.25, -0.2) is 0 Å². The number of halogens is 1. The first-order valence-corrected chi connectivity index (χ1v) is 6.92. The molecular formula is C13H18BrN3. The van der Waals surface area contributed by atoms with Crippen LogP contribution >= 0.6 is 15.9 Å². The third-order valence-electron chi connectivity index (χ3n) is 2.50. The number of aromatic nitrogens is 1. The lowest BCUT2D eigenvalue weighted by atomic mass is 10.2. The Bertz CT molecular complexity index is 347. The highest BCUT2D eigenvalue weighted by molar-refractivity contribution is 9.09. The predicted octanol–water partition coefficient (Wildman–Crippen LogP) is 2.83. The summed E-state index contributed by atoms with van der Waals surface area (Å²) in [6, 6.07) is 6.23. The molecule has 1 aromatic rings. The van der Waals surface area contributed by atoms with Crippen LogP contribution in [0.15, 0.2) is 24.5 Å². The van der Waals surface area contributed by atoms with Gasteiger partial charge < -0.3 is 0 Å². The molecule has 0 aliphatic carbocycles. The van der Waals surface area contributed by atoms with Gasteiger partial charge in [-0.2, -0.15) is 5.26 Å². The Balaban J connectivity index is 2.54. The van der Waals surface area contributed by atoms with E-state index in [-0.39, 0.29) is 0 Å². The van der Waals surface area contributed by atoms with E-state index in [1.165, 1.54) is 5.56 Å². The zero-order valence-corrected chi connectivity index (χ0v) is 11.7. The number of nitrogens with zero attached hydrogens (tertiary/aromatic N) is 3. The van der Waals surface area contributed by atoms with Crippen LogP contribution in [0.1, 0.15) is 18.9 Å². The molecule has 92 valence electrons. The molecule has 0 saturated carbocycles. The third-order valence-corrected chi connectivity index (χ3v) is 3.61. The molecule has 1 atom stereocenters. The lowest BCUT2D eigenvalue weighted by Gasteiger charge is -2.23. The molecule has 4 heteroatoms. The fourth-order valence-corrected chi connectivity index (χ4v) is 1.89. The maximum atomic E-state index is 8.67. The monoisotopic (exact) mass is 295 g/mol. The van der Waals surface area contributed by atoms with Crippen molar-refractivity contribution in [3.8, 4) is 6.07 Å². The van der Waals surface area contributed by atoms with Crippen LogP contribution in [-0.2, 0) is 6.54 Å². The highest BCUT2D eigenvalue weighted by atomic mass is 79.9. The van der Waals surface area contributed by atoms with Gasteiger partial charge in [0.1, 0.15) is 0 Å². The van der Waals surface area contributed by atoms with Gasteiger partial charge >= 0.3 is 0 Å². The van der Waals surface area contributed by atoms with Gasteiger partial charge in [-0.1, -0.05) is 28.9 Å². The summed E-state index contributed by atoms with van der Waals surface area (Å²) >= 11 is 3.49. The molecule has 0 spiro atoms. The maximum Gasteiger partial charge on any atom is 0.0635 e. The molecule has 0 radical (unpaired) electrons. The molecule has 0 saturated heterocycles. The Hall–Kier alpha value is -0.920. The van der Waals surface area contributed by atoms with Gasteiger partial charge in [-0.15, -0.1) is 0 Å². The van der Waals surface area contributed by atoms with Crippen LogP contribution in [-0.4, -0.2) is 28.3 Å². The normalized spacial score (nSPS) is 12.4. The Morgan fingerprint density at radius 1 is 1.59 bits per heavy atom. The Kier molecular flexibility index (Phi) is 6.83. The van der Waals surface area contributed by atoms with E-state index in [4.69, 9.17) is 5.26 Å². The standard InChI is InChI=1S/C13H18BrN3/c1-12(8-14)10-17(7-3-5-15)11-13-4-2-6-16-9-13/h2,4,6,9,12H,3,7-8,10-11H2,1H3. The van der Waals surface area contributed by atoms with E-state index >= 15 is 0 Å². The topological polar surface area (TPSA) is 39.9 Å². The van der Waals surface area contributed by atoms with E-state index in [2.05, 4.69) is 44.9 Å². The molecule has 17 heavy (non-hydrogen) atoms. The molecule has 1 aromatic heterocycles. The average Bonchev–Trinajstić information content (AvgIpc) is 2.37. The van der Waals surface area contributed by atoms with E-state index in [0.29, 0.717) is 12.3 Å². The number of nitriles is 1. The number of rotatable bonds is 7. The first kappa shape index (κ1) is 14.1. The lowest BCUT2D eigenvalue weighted by Crippen LogP contribution is -2.29. The van der Waals surface area contributed by atoms with Crippen molar-refractivity contribution < 1.29 is 0 Å². The van der Waals surface area contributed by atoms with Gasteiger partial charge in [0.25, 0.3) is 0 Å². The predicted molar refractivity (Wildman–Crippen MR) is 72.7 cm³/mol. The smallest absolute Gasteiger partial charge is 0.0635 e. The van der Waals surface area contributed by atoms with Crippen molar-refractivity contribution in [1.82, 2.24) is 9.88 Å². The molecule has 0 amide bonds. The molecule has 0 N–H and O–H groups in total. The average molecular weight is 296 g/mol. The second-order valence-corrected chi connectivity index (χ2v) is 4.91. The second kappa shape index (κ2) is 8.21. The van der Waals surface area contributed by atoms with Crippen molar-refractivity contribution in [2.24, 2.45) is 5.92 Å². The molecular weight excluding hydrogens is 278 g/mol. The quantitative estimate of drug-likeness (QED) is 0.726. The van der Waals surface area contributed by atoms with Gasteiger partial charge in [0.15, 0.2) is 0 Å². The first-order chi connectivity index (χ1) is 8.26. The molecule has 1 rings (SSSR count). The Labute approximate surface area is 112 Å². The van der Waals surface area contributed by atoms with Crippen molar-refractivity contribution >= 4 is 15.9 Å². The summed E-state index contributed by atoms with van der Waals surface area (Å²) in [7, 11) is 0. The molecule has 1 heterocycles. The molecule has 1 unspecified atom stereocenters.